The van der Waals surface area contributed by atoms with E-state index in [9.17, 15) is 9.59 Å². The van der Waals surface area contributed by atoms with Gasteiger partial charge in [-0.2, -0.15) is 0 Å². The van der Waals surface area contributed by atoms with Gasteiger partial charge in [-0.15, -0.1) is 0 Å². The van der Waals surface area contributed by atoms with Crippen molar-refractivity contribution in [2.75, 3.05) is 56.5 Å². The van der Waals surface area contributed by atoms with Crippen LogP contribution in [0.1, 0.15) is 18.9 Å². The molecule has 6 heteroatoms. The molecule has 0 aromatic heterocycles. The molecule has 0 bridgehead atoms. The van der Waals surface area contributed by atoms with Crippen molar-refractivity contribution in [2.45, 2.75) is 19.8 Å². The Kier molecular flexibility index (Phi) is 5.16. The number of anilines is 2. The number of hydrogen-bond acceptors (Lipinski definition) is 4. The summed E-state index contributed by atoms with van der Waals surface area (Å²) in [5, 5.41) is 2.85. The van der Waals surface area contributed by atoms with E-state index in [2.05, 4.69) is 22.2 Å². The summed E-state index contributed by atoms with van der Waals surface area (Å²) >= 11 is 0. The summed E-state index contributed by atoms with van der Waals surface area (Å²) in [4.78, 5) is 30.7. The van der Waals surface area contributed by atoms with E-state index in [4.69, 9.17) is 0 Å². The van der Waals surface area contributed by atoms with Crippen LogP contribution < -0.4 is 10.2 Å². The zero-order chi connectivity index (χ0) is 17.1. The van der Waals surface area contributed by atoms with Gasteiger partial charge in [-0.05, 0) is 25.1 Å². The molecule has 6 nitrogen and oxygen atoms in total. The maximum Gasteiger partial charge on any atom is 0.228 e. The molecule has 2 aliphatic heterocycles. The zero-order valence-corrected chi connectivity index (χ0v) is 14.5. The Balaban J connectivity index is 1.64. The second-order valence-electron chi connectivity index (χ2n) is 6.68. The number of amides is 2. The molecular weight excluding hydrogens is 304 g/mol. The van der Waals surface area contributed by atoms with Crippen molar-refractivity contribution in [2.24, 2.45) is 0 Å². The Morgan fingerprint density at radius 2 is 1.88 bits per heavy atom. The molecule has 24 heavy (non-hydrogen) atoms. The minimum Gasteiger partial charge on any atom is -0.325 e. The Morgan fingerprint density at radius 3 is 2.58 bits per heavy atom. The topological polar surface area (TPSA) is 55.9 Å². The molecule has 0 spiro atoms. The molecule has 2 amide bonds. The number of carbonyl (C=O) groups is 2. The highest BCUT2D eigenvalue weighted by Gasteiger charge is 2.27. The first-order valence-electron chi connectivity index (χ1n) is 8.65. The summed E-state index contributed by atoms with van der Waals surface area (Å²) in [6.07, 6.45) is 1.38. The third-order valence-electron chi connectivity index (χ3n) is 4.84. The standard InChI is InChI=1S/C18H26N4O2/c1-14(23)19-16-5-3-4-15-6-9-22(18(15)16)17(24)7-8-21-12-10-20(2)11-13-21/h3-5H,6-13H2,1-2H3,(H,19,23). The van der Waals surface area contributed by atoms with Crippen LogP contribution >= 0.6 is 0 Å². The first-order chi connectivity index (χ1) is 11.5. The fraction of sp³-hybridized carbons (Fsp3) is 0.556. The maximum absolute atomic E-state index is 12.7. The quantitative estimate of drug-likeness (QED) is 0.900. The second kappa shape index (κ2) is 7.32. The average Bonchev–Trinajstić information content (AvgIpc) is 2.99. The van der Waals surface area contributed by atoms with E-state index in [0.717, 1.165) is 56.1 Å². The lowest BCUT2D eigenvalue weighted by molar-refractivity contribution is -0.119. The van der Waals surface area contributed by atoms with Crippen LogP contribution in [0.2, 0.25) is 0 Å². The van der Waals surface area contributed by atoms with Gasteiger partial charge in [0.1, 0.15) is 0 Å². The predicted molar refractivity (Wildman–Crippen MR) is 95.4 cm³/mol. The Bertz CT molecular complexity index is 623. The first kappa shape index (κ1) is 16.9. The van der Waals surface area contributed by atoms with E-state index in [1.807, 2.05) is 23.1 Å². The number of piperazine rings is 1. The molecule has 1 N–H and O–H groups in total. The molecule has 1 aromatic rings. The van der Waals surface area contributed by atoms with Gasteiger partial charge in [-0.3, -0.25) is 9.59 Å². The van der Waals surface area contributed by atoms with E-state index >= 15 is 0 Å². The fourth-order valence-electron chi connectivity index (χ4n) is 3.46. The van der Waals surface area contributed by atoms with Crippen LogP contribution in [0.25, 0.3) is 0 Å². The SMILES string of the molecule is CC(=O)Nc1cccc2c1N(C(=O)CCN1CCN(C)CC1)CC2. The van der Waals surface area contributed by atoms with Gasteiger partial charge in [0.25, 0.3) is 0 Å². The van der Waals surface area contributed by atoms with Crippen LogP contribution in [0.3, 0.4) is 0 Å². The highest BCUT2D eigenvalue weighted by molar-refractivity contribution is 6.02. The van der Waals surface area contributed by atoms with Crippen molar-refractivity contribution in [1.82, 2.24) is 9.80 Å². The lowest BCUT2D eigenvalue weighted by Gasteiger charge is -2.32. The molecule has 1 saturated heterocycles. The van der Waals surface area contributed by atoms with Gasteiger partial charge in [-0.25, -0.2) is 0 Å². The molecule has 130 valence electrons. The lowest BCUT2D eigenvalue weighted by Crippen LogP contribution is -2.45. The number of nitrogens with zero attached hydrogens (tertiary/aromatic N) is 3. The summed E-state index contributed by atoms with van der Waals surface area (Å²) < 4.78 is 0. The van der Waals surface area contributed by atoms with Crippen molar-refractivity contribution >= 4 is 23.2 Å². The number of likely N-dealkylation sites (N-methyl/N-ethyl adjacent to an activating group) is 1. The molecule has 0 aliphatic carbocycles. The minimum absolute atomic E-state index is 0.111. The second-order valence-corrected chi connectivity index (χ2v) is 6.68. The maximum atomic E-state index is 12.7. The monoisotopic (exact) mass is 330 g/mol. The van der Waals surface area contributed by atoms with Crippen molar-refractivity contribution in [3.8, 4) is 0 Å². The number of benzene rings is 1. The third kappa shape index (κ3) is 3.76. The highest BCUT2D eigenvalue weighted by atomic mass is 16.2. The molecule has 1 fully saturated rings. The van der Waals surface area contributed by atoms with Gasteiger partial charge in [0.15, 0.2) is 0 Å². The van der Waals surface area contributed by atoms with Crippen molar-refractivity contribution in [3.63, 3.8) is 0 Å². The normalized spacial score (nSPS) is 18.5. The van der Waals surface area contributed by atoms with Gasteiger partial charge < -0.3 is 20.0 Å². The van der Waals surface area contributed by atoms with Crippen LogP contribution in [0.4, 0.5) is 11.4 Å². The Hall–Kier alpha value is -1.92. The van der Waals surface area contributed by atoms with Gasteiger partial charge >= 0.3 is 0 Å². The average molecular weight is 330 g/mol. The number of carbonyl (C=O) groups excluding carboxylic acids is 2. The molecule has 3 rings (SSSR count). The van der Waals surface area contributed by atoms with Gasteiger partial charge in [0, 0.05) is 52.6 Å². The first-order valence-corrected chi connectivity index (χ1v) is 8.65. The summed E-state index contributed by atoms with van der Waals surface area (Å²) in [5.74, 6) is 0.0330. The number of hydrogen-bond donors (Lipinski definition) is 1. The molecular formula is C18H26N4O2. The van der Waals surface area contributed by atoms with Crippen molar-refractivity contribution < 1.29 is 9.59 Å². The van der Waals surface area contributed by atoms with Crippen LogP contribution in [0.15, 0.2) is 18.2 Å². The molecule has 2 aliphatic rings. The van der Waals surface area contributed by atoms with E-state index in [-0.39, 0.29) is 11.8 Å². The Labute approximate surface area is 143 Å². The molecule has 1 aromatic carbocycles. The Morgan fingerprint density at radius 1 is 1.12 bits per heavy atom. The fourth-order valence-corrected chi connectivity index (χ4v) is 3.46. The third-order valence-corrected chi connectivity index (χ3v) is 4.84. The van der Waals surface area contributed by atoms with Crippen LogP contribution in [0.5, 0.6) is 0 Å². The van der Waals surface area contributed by atoms with Gasteiger partial charge in [0.2, 0.25) is 11.8 Å². The number of nitrogens with one attached hydrogen (secondary N) is 1. The van der Waals surface area contributed by atoms with E-state index in [0.29, 0.717) is 13.0 Å². The number of fused-ring (bicyclic) bond motifs is 1. The lowest BCUT2D eigenvalue weighted by atomic mass is 10.1. The minimum atomic E-state index is -0.111. The van der Waals surface area contributed by atoms with E-state index < -0.39 is 0 Å². The summed E-state index contributed by atoms with van der Waals surface area (Å²) in [6.45, 7) is 7.18. The van der Waals surface area contributed by atoms with Crippen molar-refractivity contribution in [3.05, 3.63) is 23.8 Å². The molecule has 0 radical (unpaired) electrons. The molecule has 0 atom stereocenters. The number of para-hydroxylation sites is 1. The van der Waals surface area contributed by atoms with Gasteiger partial charge in [0.05, 0.1) is 11.4 Å². The van der Waals surface area contributed by atoms with Crippen LogP contribution in [0, 0.1) is 0 Å². The van der Waals surface area contributed by atoms with E-state index in [1.54, 1.807) is 0 Å². The predicted octanol–water partition coefficient (Wildman–Crippen LogP) is 1.17. The van der Waals surface area contributed by atoms with Crippen molar-refractivity contribution in [1.29, 1.82) is 0 Å². The van der Waals surface area contributed by atoms with E-state index in [1.165, 1.54) is 6.92 Å². The van der Waals surface area contributed by atoms with Crippen LogP contribution in [-0.4, -0.2) is 67.9 Å². The molecule has 0 saturated carbocycles. The molecule has 0 unspecified atom stereocenters. The number of rotatable bonds is 4. The highest BCUT2D eigenvalue weighted by Crippen LogP contribution is 2.35. The van der Waals surface area contributed by atoms with Gasteiger partial charge in [-0.1, -0.05) is 12.1 Å². The zero-order valence-electron chi connectivity index (χ0n) is 14.5. The summed E-state index contributed by atoms with van der Waals surface area (Å²) in [5.41, 5.74) is 2.76. The largest absolute Gasteiger partial charge is 0.325 e. The smallest absolute Gasteiger partial charge is 0.228 e. The summed E-state index contributed by atoms with van der Waals surface area (Å²) in [6, 6.07) is 5.84. The summed E-state index contributed by atoms with van der Waals surface area (Å²) in [7, 11) is 2.13. The van der Waals surface area contributed by atoms with Crippen LogP contribution in [-0.2, 0) is 16.0 Å². The molecule has 2 heterocycles.